The zero-order valence-electron chi connectivity index (χ0n) is 9.18. The summed E-state index contributed by atoms with van der Waals surface area (Å²) in [6.45, 7) is 1.65. The van der Waals surface area contributed by atoms with Gasteiger partial charge in [0.1, 0.15) is 4.88 Å². The Kier molecular flexibility index (Phi) is 4.30. The molecule has 90 valence electrons. The first-order valence-corrected chi connectivity index (χ1v) is 7.05. The van der Waals surface area contributed by atoms with Gasteiger partial charge in [-0.3, -0.25) is 0 Å². The van der Waals surface area contributed by atoms with Crippen LogP contribution >= 0.6 is 22.7 Å². The van der Waals surface area contributed by atoms with Crippen molar-refractivity contribution in [2.75, 3.05) is 6.54 Å². The van der Waals surface area contributed by atoms with E-state index in [4.69, 9.17) is 5.11 Å². The quantitative estimate of drug-likeness (QED) is 0.791. The van der Waals surface area contributed by atoms with Gasteiger partial charge in [0.15, 0.2) is 0 Å². The van der Waals surface area contributed by atoms with Crippen molar-refractivity contribution in [3.63, 3.8) is 0 Å². The van der Waals surface area contributed by atoms with E-state index in [-0.39, 0.29) is 0 Å². The van der Waals surface area contributed by atoms with E-state index in [2.05, 4.69) is 22.1 Å². The molecule has 0 saturated heterocycles. The molecule has 0 aliphatic heterocycles. The van der Waals surface area contributed by atoms with Crippen molar-refractivity contribution in [2.24, 2.45) is 0 Å². The fourth-order valence-electron chi connectivity index (χ4n) is 1.47. The highest BCUT2D eigenvalue weighted by Gasteiger charge is 2.06. The van der Waals surface area contributed by atoms with E-state index in [9.17, 15) is 4.79 Å². The van der Waals surface area contributed by atoms with Gasteiger partial charge in [0.25, 0.3) is 0 Å². The van der Waals surface area contributed by atoms with E-state index in [0.717, 1.165) is 24.4 Å². The lowest BCUT2D eigenvalue weighted by Gasteiger charge is -2.01. The van der Waals surface area contributed by atoms with Gasteiger partial charge < -0.3 is 10.4 Å². The van der Waals surface area contributed by atoms with E-state index >= 15 is 0 Å². The molecule has 2 rings (SSSR count). The minimum absolute atomic E-state index is 0.402. The molecule has 2 N–H and O–H groups in total. The maximum absolute atomic E-state index is 10.7. The van der Waals surface area contributed by atoms with Gasteiger partial charge in [0.05, 0.1) is 0 Å². The van der Waals surface area contributed by atoms with Crippen LogP contribution in [0.25, 0.3) is 0 Å². The Bertz CT molecular complexity index is 476. The van der Waals surface area contributed by atoms with E-state index in [0.29, 0.717) is 4.88 Å². The van der Waals surface area contributed by atoms with Crippen LogP contribution in [0.3, 0.4) is 0 Å². The van der Waals surface area contributed by atoms with E-state index < -0.39 is 5.97 Å². The van der Waals surface area contributed by atoms with Crippen LogP contribution in [-0.4, -0.2) is 17.6 Å². The van der Waals surface area contributed by atoms with Gasteiger partial charge in [-0.15, -0.1) is 11.3 Å². The van der Waals surface area contributed by atoms with Gasteiger partial charge in [-0.2, -0.15) is 11.3 Å². The monoisotopic (exact) mass is 267 g/mol. The Hall–Kier alpha value is -1.17. The molecule has 0 unspecified atom stereocenters. The number of aromatic carboxylic acids is 1. The van der Waals surface area contributed by atoms with Crippen molar-refractivity contribution in [3.05, 3.63) is 44.3 Å². The van der Waals surface area contributed by atoms with Crippen molar-refractivity contribution in [1.82, 2.24) is 5.32 Å². The minimum atomic E-state index is -0.848. The Balaban J connectivity index is 1.72. The molecular weight excluding hydrogens is 254 g/mol. The van der Waals surface area contributed by atoms with Crippen molar-refractivity contribution in [2.45, 2.75) is 13.0 Å². The summed E-state index contributed by atoms with van der Waals surface area (Å²) in [6.07, 6.45) is 1.01. The number of hydrogen-bond acceptors (Lipinski definition) is 4. The molecule has 0 spiro atoms. The molecule has 0 aliphatic rings. The van der Waals surface area contributed by atoms with E-state index in [1.165, 1.54) is 16.9 Å². The Labute approximate surface area is 108 Å². The maximum Gasteiger partial charge on any atom is 0.345 e. The summed E-state index contributed by atoms with van der Waals surface area (Å²) < 4.78 is 0. The molecule has 17 heavy (non-hydrogen) atoms. The summed E-state index contributed by atoms with van der Waals surface area (Å²) in [4.78, 5) is 12.2. The standard InChI is InChI=1S/C12H13NO2S2/c14-12(15)11-2-1-10(17-11)7-13-5-3-9-4-6-16-8-9/h1-2,4,6,8,13H,3,5,7H2,(H,14,15). The number of carbonyl (C=O) groups is 1. The number of rotatable bonds is 6. The molecule has 2 heterocycles. The molecule has 3 nitrogen and oxygen atoms in total. The van der Waals surface area contributed by atoms with Gasteiger partial charge in [-0.1, -0.05) is 0 Å². The lowest BCUT2D eigenvalue weighted by Crippen LogP contribution is -2.15. The first-order valence-electron chi connectivity index (χ1n) is 5.29. The second kappa shape index (κ2) is 5.95. The van der Waals surface area contributed by atoms with Gasteiger partial charge in [0, 0.05) is 11.4 Å². The first-order chi connectivity index (χ1) is 8.25. The van der Waals surface area contributed by atoms with Crippen molar-refractivity contribution >= 4 is 28.6 Å². The van der Waals surface area contributed by atoms with Gasteiger partial charge in [0.2, 0.25) is 0 Å². The third-order valence-corrected chi connectivity index (χ3v) is 4.15. The second-order valence-electron chi connectivity index (χ2n) is 3.63. The number of hydrogen-bond donors (Lipinski definition) is 2. The summed E-state index contributed by atoms with van der Waals surface area (Å²) in [6, 6.07) is 5.65. The highest BCUT2D eigenvalue weighted by atomic mass is 32.1. The first kappa shape index (κ1) is 12.3. The number of carboxylic acids is 1. The van der Waals surface area contributed by atoms with Crippen LogP contribution in [0.4, 0.5) is 0 Å². The van der Waals surface area contributed by atoms with Gasteiger partial charge >= 0.3 is 5.97 Å². The van der Waals surface area contributed by atoms with Gasteiger partial charge in [-0.05, 0) is 47.5 Å². The van der Waals surface area contributed by atoms with Crippen LogP contribution in [0.15, 0.2) is 29.0 Å². The number of nitrogens with one attached hydrogen (secondary N) is 1. The predicted octanol–water partition coefficient (Wildman–Crippen LogP) is 2.84. The second-order valence-corrected chi connectivity index (χ2v) is 5.58. The molecule has 2 aromatic rings. The summed E-state index contributed by atoms with van der Waals surface area (Å²) in [5.74, 6) is -0.848. The van der Waals surface area contributed by atoms with E-state index in [1.54, 1.807) is 17.4 Å². The van der Waals surface area contributed by atoms with E-state index in [1.807, 2.05) is 6.07 Å². The molecule has 0 radical (unpaired) electrons. The summed E-state index contributed by atoms with van der Waals surface area (Å²) >= 11 is 3.04. The molecule has 0 fully saturated rings. The highest BCUT2D eigenvalue weighted by molar-refractivity contribution is 7.13. The van der Waals surface area contributed by atoms with Crippen molar-refractivity contribution in [1.29, 1.82) is 0 Å². The van der Waals surface area contributed by atoms with Crippen LogP contribution in [0.2, 0.25) is 0 Å². The van der Waals surface area contributed by atoms with Crippen LogP contribution < -0.4 is 5.32 Å². The fourth-order valence-corrected chi connectivity index (χ4v) is 2.99. The van der Waals surface area contributed by atoms with Crippen molar-refractivity contribution < 1.29 is 9.90 Å². The Morgan fingerprint density at radius 3 is 2.88 bits per heavy atom. The zero-order chi connectivity index (χ0) is 12.1. The third kappa shape index (κ3) is 3.66. The van der Waals surface area contributed by atoms with Crippen LogP contribution in [-0.2, 0) is 13.0 Å². The summed E-state index contributed by atoms with van der Waals surface area (Å²) in [5.41, 5.74) is 1.35. The molecular formula is C12H13NO2S2. The topological polar surface area (TPSA) is 49.3 Å². The lowest BCUT2D eigenvalue weighted by atomic mass is 10.2. The molecule has 0 aliphatic carbocycles. The van der Waals surface area contributed by atoms with Crippen LogP contribution in [0.5, 0.6) is 0 Å². The SMILES string of the molecule is O=C(O)c1ccc(CNCCc2ccsc2)s1. The predicted molar refractivity (Wildman–Crippen MR) is 71.0 cm³/mol. The molecule has 0 saturated carbocycles. The van der Waals surface area contributed by atoms with Crippen LogP contribution in [0.1, 0.15) is 20.1 Å². The van der Waals surface area contributed by atoms with Crippen LogP contribution in [0, 0.1) is 0 Å². The number of thiophene rings is 2. The minimum Gasteiger partial charge on any atom is -0.477 e. The Morgan fingerprint density at radius 2 is 2.24 bits per heavy atom. The van der Waals surface area contributed by atoms with Crippen molar-refractivity contribution in [3.8, 4) is 0 Å². The summed E-state index contributed by atoms with van der Waals surface area (Å²) in [5, 5.41) is 16.3. The zero-order valence-corrected chi connectivity index (χ0v) is 10.8. The molecule has 2 aromatic heterocycles. The Morgan fingerprint density at radius 1 is 1.35 bits per heavy atom. The normalized spacial score (nSPS) is 10.6. The summed E-state index contributed by atoms with van der Waals surface area (Å²) in [7, 11) is 0. The molecule has 0 atom stereocenters. The number of carboxylic acid groups (broad SMARTS) is 1. The molecule has 0 amide bonds. The smallest absolute Gasteiger partial charge is 0.345 e. The molecule has 0 bridgehead atoms. The van der Waals surface area contributed by atoms with Gasteiger partial charge in [-0.25, -0.2) is 4.79 Å². The fraction of sp³-hybridized carbons (Fsp3) is 0.250. The lowest BCUT2D eigenvalue weighted by molar-refractivity contribution is 0.0702. The maximum atomic E-state index is 10.7. The highest BCUT2D eigenvalue weighted by Crippen LogP contribution is 2.16. The molecule has 0 aromatic carbocycles. The average Bonchev–Trinajstić information content (AvgIpc) is 2.96. The average molecular weight is 267 g/mol. The third-order valence-electron chi connectivity index (χ3n) is 2.34. The largest absolute Gasteiger partial charge is 0.477 e. The molecule has 5 heteroatoms.